The molecule has 1 aliphatic heterocycles. The standard InChI is InChI=1S/C18H22N2O3/c1-2-23-18(22)13-7-9-20(10-8-13)17(21)11-14-12-19-16-6-4-3-5-15(14)16/h3-6,12-13,19H,2,7-11H2,1H3. The summed E-state index contributed by atoms with van der Waals surface area (Å²) < 4.78 is 5.06. The molecule has 1 aromatic carbocycles. The Balaban J connectivity index is 1.59. The van der Waals surface area contributed by atoms with E-state index >= 15 is 0 Å². The van der Waals surface area contributed by atoms with Crippen molar-refractivity contribution in [1.82, 2.24) is 9.88 Å². The normalized spacial score (nSPS) is 15.8. The molecule has 1 fully saturated rings. The number of hydrogen-bond donors (Lipinski definition) is 1. The second-order valence-corrected chi connectivity index (χ2v) is 5.94. The molecule has 2 heterocycles. The Morgan fingerprint density at radius 3 is 2.74 bits per heavy atom. The van der Waals surface area contributed by atoms with Crippen LogP contribution in [-0.2, 0) is 20.7 Å². The fourth-order valence-electron chi connectivity index (χ4n) is 3.18. The number of aromatic nitrogens is 1. The number of carbonyl (C=O) groups excluding carboxylic acids is 2. The van der Waals surface area contributed by atoms with Crippen LogP contribution in [0.5, 0.6) is 0 Å². The van der Waals surface area contributed by atoms with Gasteiger partial charge in [-0.05, 0) is 31.4 Å². The van der Waals surface area contributed by atoms with E-state index in [1.807, 2.05) is 42.3 Å². The van der Waals surface area contributed by atoms with Crippen molar-refractivity contribution >= 4 is 22.8 Å². The fraction of sp³-hybridized carbons (Fsp3) is 0.444. The molecule has 5 heteroatoms. The number of fused-ring (bicyclic) bond motifs is 1. The number of likely N-dealkylation sites (tertiary alicyclic amines) is 1. The van der Waals surface area contributed by atoms with Crippen LogP contribution in [0.3, 0.4) is 0 Å². The predicted octanol–water partition coefficient (Wildman–Crippen LogP) is 2.51. The number of H-pyrrole nitrogens is 1. The number of rotatable bonds is 4. The number of carbonyl (C=O) groups is 2. The van der Waals surface area contributed by atoms with Crippen molar-refractivity contribution < 1.29 is 14.3 Å². The highest BCUT2D eigenvalue weighted by molar-refractivity contribution is 5.89. The lowest BCUT2D eigenvalue weighted by Crippen LogP contribution is -2.41. The maximum absolute atomic E-state index is 12.5. The van der Waals surface area contributed by atoms with Crippen molar-refractivity contribution in [2.24, 2.45) is 5.92 Å². The minimum Gasteiger partial charge on any atom is -0.466 e. The minimum atomic E-state index is -0.128. The highest BCUT2D eigenvalue weighted by Gasteiger charge is 2.28. The Kier molecular flexibility index (Phi) is 4.65. The molecule has 0 atom stereocenters. The number of esters is 1. The molecule has 1 N–H and O–H groups in total. The Labute approximate surface area is 135 Å². The van der Waals surface area contributed by atoms with Gasteiger partial charge in [0.1, 0.15) is 0 Å². The summed E-state index contributed by atoms with van der Waals surface area (Å²) in [6, 6.07) is 8.00. The molecule has 1 aliphatic rings. The van der Waals surface area contributed by atoms with E-state index in [0.29, 0.717) is 39.0 Å². The van der Waals surface area contributed by atoms with Crippen LogP contribution < -0.4 is 0 Å². The lowest BCUT2D eigenvalue weighted by atomic mass is 9.96. The number of amides is 1. The van der Waals surface area contributed by atoms with Gasteiger partial charge in [-0.2, -0.15) is 0 Å². The summed E-state index contributed by atoms with van der Waals surface area (Å²) in [4.78, 5) is 29.3. The first kappa shape index (κ1) is 15.6. The number of ether oxygens (including phenoxy) is 1. The first-order chi connectivity index (χ1) is 11.2. The third-order valence-electron chi connectivity index (χ3n) is 4.48. The zero-order valence-corrected chi connectivity index (χ0v) is 13.4. The van der Waals surface area contributed by atoms with Crippen LogP contribution in [-0.4, -0.2) is 41.5 Å². The third-order valence-corrected chi connectivity index (χ3v) is 4.48. The van der Waals surface area contributed by atoms with E-state index in [2.05, 4.69) is 4.98 Å². The van der Waals surface area contributed by atoms with Gasteiger partial charge in [-0.1, -0.05) is 18.2 Å². The van der Waals surface area contributed by atoms with Crippen LogP contribution in [0.4, 0.5) is 0 Å². The van der Waals surface area contributed by atoms with Gasteiger partial charge >= 0.3 is 5.97 Å². The SMILES string of the molecule is CCOC(=O)C1CCN(C(=O)Cc2c[nH]c3ccccc23)CC1. The van der Waals surface area contributed by atoms with E-state index in [9.17, 15) is 9.59 Å². The van der Waals surface area contributed by atoms with Gasteiger partial charge in [-0.25, -0.2) is 0 Å². The molecule has 122 valence electrons. The molecule has 2 aromatic rings. The van der Waals surface area contributed by atoms with E-state index in [4.69, 9.17) is 4.74 Å². The summed E-state index contributed by atoms with van der Waals surface area (Å²) in [6.45, 7) is 3.49. The molecule has 0 unspecified atom stereocenters. The van der Waals surface area contributed by atoms with Gasteiger partial charge in [0.25, 0.3) is 0 Å². The summed E-state index contributed by atoms with van der Waals surface area (Å²) in [5, 5.41) is 1.10. The smallest absolute Gasteiger partial charge is 0.309 e. The summed E-state index contributed by atoms with van der Waals surface area (Å²) in [6.07, 6.45) is 3.69. The molecule has 0 aliphatic carbocycles. The minimum absolute atomic E-state index is 0.0629. The first-order valence-corrected chi connectivity index (χ1v) is 8.18. The van der Waals surface area contributed by atoms with Crippen molar-refractivity contribution in [1.29, 1.82) is 0 Å². The number of piperidine rings is 1. The third kappa shape index (κ3) is 3.38. The van der Waals surface area contributed by atoms with Crippen molar-refractivity contribution in [2.45, 2.75) is 26.2 Å². The molecule has 5 nitrogen and oxygen atoms in total. The molecule has 3 rings (SSSR count). The Bertz CT molecular complexity index is 699. The van der Waals surface area contributed by atoms with Crippen LogP contribution in [0.1, 0.15) is 25.3 Å². The maximum Gasteiger partial charge on any atom is 0.309 e. The Morgan fingerprint density at radius 2 is 2.00 bits per heavy atom. The van der Waals surface area contributed by atoms with Gasteiger partial charge in [0.15, 0.2) is 0 Å². The Hall–Kier alpha value is -2.30. The van der Waals surface area contributed by atoms with Crippen molar-refractivity contribution in [2.75, 3.05) is 19.7 Å². The quantitative estimate of drug-likeness (QED) is 0.882. The second kappa shape index (κ2) is 6.86. The summed E-state index contributed by atoms with van der Waals surface area (Å²) in [5.74, 6) is -0.0691. The summed E-state index contributed by atoms with van der Waals surface area (Å²) in [7, 11) is 0. The number of nitrogens with one attached hydrogen (secondary N) is 1. The van der Waals surface area contributed by atoms with Crippen LogP contribution in [0.2, 0.25) is 0 Å². The van der Waals surface area contributed by atoms with E-state index < -0.39 is 0 Å². The molecular weight excluding hydrogens is 292 g/mol. The average Bonchev–Trinajstić information content (AvgIpc) is 2.98. The zero-order valence-electron chi connectivity index (χ0n) is 13.4. The van der Waals surface area contributed by atoms with Crippen molar-refractivity contribution in [3.05, 3.63) is 36.0 Å². The van der Waals surface area contributed by atoms with E-state index in [0.717, 1.165) is 16.5 Å². The zero-order chi connectivity index (χ0) is 16.2. The van der Waals surface area contributed by atoms with E-state index in [1.54, 1.807) is 0 Å². The number of benzene rings is 1. The molecule has 1 aromatic heterocycles. The summed E-state index contributed by atoms with van der Waals surface area (Å²) in [5.41, 5.74) is 2.08. The number of aromatic amines is 1. The highest BCUT2D eigenvalue weighted by Crippen LogP contribution is 2.22. The van der Waals surface area contributed by atoms with E-state index in [1.165, 1.54) is 0 Å². The lowest BCUT2D eigenvalue weighted by Gasteiger charge is -2.31. The molecule has 0 saturated carbocycles. The summed E-state index contributed by atoms with van der Waals surface area (Å²) >= 11 is 0. The number of nitrogens with zero attached hydrogens (tertiary/aromatic N) is 1. The van der Waals surface area contributed by atoms with E-state index in [-0.39, 0.29) is 17.8 Å². The van der Waals surface area contributed by atoms with Gasteiger partial charge in [-0.15, -0.1) is 0 Å². The average molecular weight is 314 g/mol. The monoisotopic (exact) mass is 314 g/mol. The largest absolute Gasteiger partial charge is 0.466 e. The van der Waals surface area contributed by atoms with Gasteiger partial charge in [0, 0.05) is 30.2 Å². The number of para-hydroxylation sites is 1. The van der Waals surface area contributed by atoms with Crippen LogP contribution in [0.15, 0.2) is 30.5 Å². The Morgan fingerprint density at radius 1 is 1.26 bits per heavy atom. The highest BCUT2D eigenvalue weighted by atomic mass is 16.5. The topological polar surface area (TPSA) is 62.4 Å². The maximum atomic E-state index is 12.5. The molecule has 0 bridgehead atoms. The number of hydrogen-bond acceptors (Lipinski definition) is 3. The van der Waals surface area contributed by atoms with Gasteiger partial charge in [-0.3, -0.25) is 9.59 Å². The van der Waals surface area contributed by atoms with Crippen LogP contribution in [0, 0.1) is 5.92 Å². The van der Waals surface area contributed by atoms with Crippen LogP contribution in [0.25, 0.3) is 10.9 Å². The van der Waals surface area contributed by atoms with Crippen molar-refractivity contribution in [3.63, 3.8) is 0 Å². The molecular formula is C18H22N2O3. The first-order valence-electron chi connectivity index (χ1n) is 8.18. The molecule has 23 heavy (non-hydrogen) atoms. The fourth-order valence-corrected chi connectivity index (χ4v) is 3.18. The predicted molar refractivity (Wildman–Crippen MR) is 87.9 cm³/mol. The van der Waals surface area contributed by atoms with Crippen LogP contribution >= 0.6 is 0 Å². The van der Waals surface area contributed by atoms with Gasteiger partial charge < -0.3 is 14.6 Å². The lowest BCUT2D eigenvalue weighted by molar-refractivity contribution is -0.151. The van der Waals surface area contributed by atoms with Gasteiger partial charge in [0.05, 0.1) is 18.9 Å². The second-order valence-electron chi connectivity index (χ2n) is 5.94. The van der Waals surface area contributed by atoms with Crippen molar-refractivity contribution in [3.8, 4) is 0 Å². The van der Waals surface area contributed by atoms with Gasteiger partial charge in [0.2, 0.25) is 5.91 Å². The molecule has 0 radical (unpaired) electrons. The molecule has 1 amide bonds. The molecule has 0 spiro atoms. The molecule has 1 saturated heterocycles.